The molecule has 0 amide bonds. The number of hydrogen-bond donors (Lipinski definition) is 0. The van der Waals surface area contributed by atoms with Gasteiger partial charge in [-0.3, -0.25) is 9.80 Å². The van der Waals surface area contributed by atoms with E-state index in [1.807, 2.05) is 0 Å². The third-order valence-electron chi connectivity index (χ3n) is 5.07. The molecule has 2 rings (SSSR count). The second-order valence-electron chi connectivity index (χ2n) is 6.21. The Labute approximate surface area is 148 Å². The lowest BCUT2D eigenvalue weighted by molar-refractivity contribution is -0.00974. The van der Waals surface area contributed by atoms with E-state index in [1.54, 1.807) is 0 Å². The van der Waals surface area contributed by atoms with Crippen LogP contribution in [0.4, 0.5) is 0 Å². The van der Waals surface area contributed by atoms with E-state index < -0.39 is 0 Å². The summed E-state index contributed by atoms with van der Waals surface area (Å²) in [5.41, 5.74) is 2.57. The van der Waals surface area contributed by atoms with E-state index in [-0.39, 0.29) is 5.66 Å². The van der Waals surface area contributed by atoms with Crippen molar-refractivity contribution in [2.45, 2.75) is 39.8 Å². The molecule has 0 bridgehead atoms. The summed E-state index contributed by atoms with van der Waals surface area (Å²) < 4.78 is 0. The Kier molecular flexibility index (Phi) is 7.01. The first-order valence-corrected chi connectivity index (χ1v) is 9.32. The molecule has 130 valence electrons. The molecule has 1 aromatic rings. The summed E-state index contributed by atoms with van der Waals surface area (Å²) in [7, 11) is 0. The lowest BCUT2D eigenvalue weighted by Crippen LogP contribution is -2.59. The lowest BCUT2D eigenvalue weighted by Gasteiger charge is -2.49. The second kappa shape index (κ2) is 9.00. The molecule has 0 spiro atoms. The summed E-state index contributed by atoms with van der Waals surface area (Å²) in [4.78, 5) is 5.15. The Bertz CT molecular complexity index is 563. The van der Waals surface area contributed by atoms with E-state index >= 15 is 0 Å². The Balaban J connectivity index is 2.20. The number of nitrogens with zero attached hydrogens (tertiary/aromatic N) is 2. The first-order chi connectivity index (χ1) is 11.7. The van der Waals surface area contributed by atoms with E-state index in [0.717, 1.165) is 32.6 Å². The molecule has 2 heteroatoms. The third kappa shape index (κ3) is 4.06. The predicted molar refractivity (Wildman–Crippen MR) is 106 cm³/mol. The maximum absolute atomic E-state index is 2.57. The quantitative estimate of drug-likeness (QED) is 0.623. The highest BCUT2D eigenvalue weighted by molar-refractivity contribution is 5.55. The summed E-state index contributed by atoms with van der Waals surface area (Å²) in [6.07, 6.45) is 12.5. The van der Waals surface area contributed by atoms with Crippen LogP contribution in [0.3, 0.4) is 0 Å². The largest absolute Gasteiger partial charge is 0.282 e. The molecule has 0 saturated heterocycles. The molecule has 0 atom stereocenters. The van der Waals surface area contributed by atoms with Gasteiger partial charge in [0.1, 0.15) is 0 Å². The van der Waals surface area contributed by atoms with Gasteiger partial charge in [0, 0.05) is 6.42 Å². The lowest BCUT2D eigenvalue weighted by atomic mass is 9.92. The van der Waals surface area contributed by atoms with Gasteiger partial charge in [-0.15, -0.1) is 0 Å². The van der Waals surface area contributed by atoms with Crippen molar-refractivity contribution in [3.8, 4) is 0 Å². The van der Waals surface area contributed by atoms with Crippen LogP contribution < -0.4 is 0 Å². The summed E-state index contributed by atoms with van der Waals surface area (Å²) in [5, 5.41) is 0. The Morgan fingerprint density at radius 2 is 1.46 bits per heavy atom. The van der Waals surface area contributed by atoms with Gasteiger partial charge >= 0.3 is 0 Å². The number of benzene rings is 1. The van der Waals surface area contributed by atoms with Gasteiger partial charge in [0.25, 0.3) is 0 Å². The van der Waals surface area contributed by atoms with Gasteiger partial charge in [-0.25, -0.2) is 0 Å². The minimum atomic E-state index is 0.0249. The third-order valence-corrected chi connectivity index (χ3v) is 5.07. The van der Waals surface area contributed by atoms with Crippen LogP contribution in [-0.4, -0.2) is 41.6 Å². The monoisotopic (exact) mass is 324 g/mol. The van der Waals surface area contributed by atoms with Crippen LogP contribution in [0.2, 0.25) is 0 Å². The molecular formula is C22H32N2. The predicted octanol–water partition coefficient (Wildman–Crippen LogP) is 4.97. The van der Waals surface area contributed by atoms with Gasteiger partial charge in [0.2, 0.25) is 0 Å². The van der Waals surface area contributed by atoms with Gasteiger partial charge < -0.3 is 0 Å². The summed E-state index contributed by atoms with van der Waals surface area (Å²) in [6.45, 7) is 13.3. The topological polar surface area (TPSA) is 6.48 Å². The number of rotatable bonds is 8. The van der Waals surface area contributed by atoms with Crippen molar-refractivity contribution in [2.24, 2.45) is 0 Å². The van der Waals surface area contributed by atoms with E-state index in [2.05, 4.69) is 98.2 Å². The van der Waals surface area contributed by atoms with Crippen molar-refractivity contribution < 1.29 is 0 Å². The van der Waals surface area contributed by atoms with E-state index in [4.69, 9.17) is 0 Å². The zero-order valence-electron chi connectivity index (χ0n) is 15.7. The molecule has 0 radical (unpaired) electrons. The summed E-state index contributed by atoms with van der Waals surface area (Å²) in [6, 6.07) is 10.5. The van der Waals surface area contributed by atoms with E-state index in [0.29, 0.717) is 0 Å². The SMILES string of the molecule is CCN(CC)C1(N(CC)CC)C=CC(C=Cc2ccccc2)=CC1. The number of allylic oxidation sites excluding steroid dienone is 3. The highest BCUT2D eigenvalue weighted by Gasteiger charge is 2.37. The van der Waals surface area contributed by atoms with Gasteiger partial charge in [-0.05, 0) is 43.4 Å². The van der Waals surface area contributed by atoms with Crippen molar-refractivity contribution in [3.05, 3.63) is 65.8 Å². The average Bonchev–Trinajstić information content (AvgIpc) is 2.64. The molecule has 0 fully saturated rings. The van der Waals surface area contributed by atoms with Crippen molar-refractivity contribution in [1.82, 2.24) is 9.80 Å². The van der Waals surface area contributed by atoms with Crippen LogP contribution in [0.1, 0.15) is 39.7 Å². The Hall–Kier alpha value is -1.64. The molecule has 1 aliphatic rings. The van der Waals surface area contributed by atoms with Crippen LogP contribution in [0.5, 0.6) is 0 Å². The van der Waals surface area contributed by atoms with Crippen molar-refractivity contribution >= 4 is 6.08 Å². The molecular weight excluding hydrogens is 292 g/mol. The van der Waals surface area contributed by atoms with Gasteiger partial charge in [0.05, 0.1) is 5.66 Å². The van der Waals surface area contributed by atoms with Crippen LogP contribution in [0.25, 0.3) is 6.08 Å². The Morgan fingerprint density at radius 1 is 0.875 bits per heavy atom. The first-order valence-electron chi connectivity index (χ1n) is 9.32. The number of hydrogen-bond acceptors (Lipinski definition) is 2. The summed E-state index contributed by atoms with van der Waals surface area (Å²) >= 11 is 0. The van der Waals surface area contributed by atoms with Crippen LogP contribution in [0, 0.1) is 0 Å². The smallest absolute Gasteiger partial charge is 0.0968 e. The highest BCUT2D eigenvalue weighted by atomic mass is 15.4. The van der Waals surface area contributed by atoms with Gasteiger partial charge in [-0.2, -0.15) is 0 Å². The van der Waals surface area contributed by atoms with E-state index in [1.165, 1.54) is 11.1 Å². The summed E-state index contributed by atoms with van der Waals surface area (Å²) in [5.74, 6) is 0. The molecule has 2 nitrogen and oxygen atoms in total. The van der Waals surface area contributed by atoms with Gasteiger partial charge in [0.15, 0.2) is 0 Å². The standard InChI is InChI=1S/C22H32N2/c1-5-23(6-2)22(24(7-3)8-4)18-16-21(17-19-22)15-14-20-12-10-9-11-13-20/h9-18H,5-8,19H2,1-4H3. The maximum Gasteiger partial charge on any atom is 0.0968 e. The first kappa shape index (κ1) is 18.7. The normalized spacial score (nSPS) is 17.0. The fourth-order valence-electron chi connectivity index (χ4n) is 3.73. The van der Waals surface area contributed by atoms with E-state index in [9.17, 15) is 0 Å². The fraction of sp³-hybridized carbons (Fsp3) is 0.455. The maximum atomic E-state index is 2.57. The second-order valence-corrected chi connectivity index (χ2v) is 6.21. The minimum absolute atomic E-state index is 0.0249. The zero-order chi connectivity index (χ0) is 17.4. The van der Waals surface area contributed by atoms with Crippen LogP contribution in [0.15, 0.2) is 60.2 Å². The highest BCUT2D eigenvalue weighted by Crippen LogP contribution is 2.31. The molecule has 0 aromatic heterocycles. The molecule has 0 heterocycles. The number of likely N-dealkylation sites (N-methyl/N-ethyl adjacent to an activating group) is 2. The van der Waals surface area contributed by atoms with Crippen LogP contribution in [-0.2, 0) is 0 Å². The minimum Gasteiger partial charge on any atom is -0.282 e. The molecule has 0 N–H and O–H groups in total. The molecule has 1 aromatic carbocycles. The molecule has 0 unspecified atom stereocenters. The molecule has 24 heavy (non-hydrogen) atoms. The molecule has 0 aliphatic heterocycles. The van der Waals surface area contributed by atoms with Crippen molar-refractivity contribution in [2.75, 3.05) is 26.2 Å². The molecule has 1 aliphatic carbocycles. The van der Waals surface area contributed by atoms with Crippen LogP contribution >= 0.6 is 0 Å². The zero-order valence-corrected chi connectivity index (χ0v) is 15.7. The van der Waals surface area contributed by atoms with Gasteiger partial charge in [-0.1, -0.05) is 82.3 Å². The Morgan fingerprint density at radius 3 is 1.92 bits per heavy atom. The van der Waals surface area contributed by atoms with Crippen molar-refractivity contribution in [3.63, 3.8) is 0 Å². The average molecular weight is 325 g/mol. The molecule has 0 saturated carbocycles. The van der Waals surface area contributed by atoms with Crippen molar-refractivity contribution in [1.29, 1.82) is 0 Å². The fourth-order valence-corrected chi connectivity index (χ4v) is 3.73.